The molecule has 0 saturated carbocycles. The number of aryl methyl sites for hydroxylation is 1. The predicted octanol–water partition coefficient (Wildman–Crippen LogP) is 3.38. The van der Waals surface area contributed by atoms with Gasteiger partial charge in [0.25, 0.3) is 0 Å². The van der Waals surface area contributed by atoms with E-state index in [-0.39, 0.29) is 11.9 Å². The molecule has 2 aromatic rings. The summed E-state index contributed by atoms with van der Waals surface area (Å²) in [4.78, 5) is 12.1. The number of ether oxygens (including phenoxy) is 1. The van der Waals surface area contributed by atoms with Gasteiger partial charge in [0, 0.05) is 11.6 Å². The number of carbonyl (C=O) groups is 1. The van der Waals surface area contributed by atoms with Gasteiger partial charge < -0.3 is 10.1 Å². The molecule has 0 saturated heterocycles. The van der Waals surface area contributed by atoms with Gasteiger partial charge in [0.15, 0.2) is 0 Å². The number of hydrogen-bond donors (Lipinski definition) is 1. The Balaban J connectivity index is 1.81. The van der Waals surface area contributed by atoms with Crippen molar-refractivity contribution in [1.29, 1.82) is 0 Å². The first-order valence-corrected chi connectivity index (χ1v) is 7.64. The summed E-state index contributed by atoms with van der Waals surface area (Å²) in [5.41, 5.74) is 2.21. The van der Waals surface area contributed by atoms with E-state index in [1.165, 1.54) is 5.56 Å². The summed E-state index contributed by atoms with van der Waals surface area (Å²) in [6, 6.07) is 18.1. The van der Waals surface area contributed by atoms with Crippen molar-refractivity contribution in [3.63, 3.8) is 0 Å². The van der Waals surface area contributed by atoms with E-state index in [4.69, 9.17) is 4.74 Å². The van der Waals surface area contributed by atoms with E-state index < -0.39 is 0 Å². The lowest BCUT2D eigenvalue weighted by atomic mass is 10.1. The van der Waals surface area contributed by atoms with Crippen LogP contribution in [0.25, 0.3) is 0 Å². The quantitative estimate of drug-likeness (QED) is 0.851. The van der Waals surface area contributed by atoms with Crippen molar-refractivity contribution >= 4 is 5.91 Å². The number of para-hydroxylation sites is 1. The molecule has 0 fully saturated rings. The zero-order chi connectivity index (χ0) is 15.8. The summed E-state index contributed by atoms with van der Waals surface area (Å²) in [6.07, 6.45) is 2.25. The second kappa shape index (κ2) is 8.23. The molecule has 2 rings (SSSR count). The molecule has 0 aromatic heterocycles. The molecule has 2 aromatic carbocycles. The van der Waals surface area contributed by atoms with Crippen LogP contribution in [0.3, 0.4) is 0 Å². The number of nitrogens with one attached hydrogen (secondary N) is 1. The molecule has 0 aliphatic carbocycles. The maximum Gasteiger partial charge on any atom is 0.224 e. The molecule has 0 spiro atoms. The number of amides is 1. The Labute approximate surface area is 132 Å². The maximum atomic E-state index is 12.1. The highest BCUT2D eigenvalue weighted by atomic mass is 16.5. The van der Waals surface area contributed by atoms with Gasteiger partial charge in [-0.05, 0) is 31.4 Å². The van der Waals surface area contributed by atoms with Crippen LogP contribution in [0, 0.1) is 0 Å². The molecular formula is C19H23NO2. The Hall–Kier alpha value is -2.29. The first kappa shape index (κ1) is 16.1. The monoisotopic (exact) mass is 297 g/mol. The summed E-state index contributed by atoms with van der Waals surface area (Å²) < 4.78 is 5.28. The van der Waals surface area contributed by atoms with Gasteiger partial charge >= 0.3 is 0 Å². The maximum absolute atomic E-state index is 12.1. The van der Waals surface area contributed by atoms with Gasteiger partial charge in [-0.3, -0.25) is 4.79 Å². The second-order valence-electron chi connectivity index (χ2n) is 5.48. The van der Waals surface area contributed by atoms with Crippen molar-refractivity contribution in [3.8, 4) is 5.75 Å². The van der Waals surface area contributed by atoms with E-state index in [9.17, 15) is 4.79 Å². The molecule has 0 radical (unpaired) electrons. The van der Waals surface area contributed by atoms with Gasteiger partial charge in [-0.15, -0.1) is 0 Å². The first-order valence-electron chi connectivity index (χ1n) is 7.64. The standard InChI is InChI=1S/C19H23NO2/c1-15(12-13-16-8-4-3-5-9-16)20-19(21)14-17-10-6-7-11-18(17)22-2/h3-11,15H,12-14H2,1-2H3,(H,20,21)/t15-/m1/s1. The summed E-state index contributed by atoms with van der Waals surface area (Å²) in [6.45, 7) is 2.04. The zero-order valence-corrected chi connectivity index (χ0v) is 13.2. The van der Waals surface area contributed by atoms with Gasteiger partial charge in [0.05, 0.1) is 13.5 Å². The highest BCUT2D eigenvalue weighted by Crippen LogP contribution is 2.17. The Bertz CT molecular complexity index is 595. The van der Waals surface area contributed by atoms with E-state index in [1.54, 1.807) is 7.11 Å². The molecule has 3 heteroatoms. The highest BCUT2D eigenvalue weighted by Gasteiger charge is 2.11. The average molecular weight is 297 g/mol. The lowest BCUT2D eigenvalue weighted by Crippen LogP contribution is -2.34. The third-order valence-corrected chi connectivity index (χ3v) is 3.66. The minimum absolute atomic E-state index is 0.0325. The SMILES string of the molecule is COc1ccccc1CC(=O)N[C@H](C)CCc1ccccc1. The molecular weight excluding hydrogens is 274 g/mol. The van der Waals surface area contributed by atoms with Crippen LogP contribution in [-0.2, 0) is 17.6 Å². The molecule has 0 heterocycles. The molecule has 0 aliphatic heterocycles. The van der Waals surface area contributed by atoms with Crippen molar-refractivity contribution in [2.24, 2.45) is 0 Å². The van der Waals surface area contributed by atoms with E-state index in [1.807, 2.05) is 49.4 Å². The number of rotatable bonds is 7. The number of hydrogen-bond acceptors (Lipinski definition) is 2. The van der Waals surface area contributed by atoms with Gasteiger partial charge in [0.1, 0.15) is 5.75 Å². The van der Waals surface area contributed by atoms with Gasteiger partial charge in [-0.2, -0.15) is 0 Å². The summed E-state index contributed by atoms with van der Waals surface area (Å²) in [5.74, 6) is 0.791. The molecule has 0 aliphatic rings. The van der Waals surface area contributed by atoms with Crippen LogP contribution in [-0.4, -0.2) is 19.1 Å². The van der Waals surface area contributed by atoms with Crippen LogP contribution in [0.5, 0.6) is 5.75 Å². The Kier molecular flexibility index (Phi) is 6.01. The van der Waals surface area contributed by atoms with Crippen LogP contribution in [0.4, 0.5) is 0 Å². The third-order valence-electron chi connectivity index (χ3n) is 3.66. The summed E-state index contributed by atoms with van der Waals surface area (Å²) in [7, 11) is 1.62. The van der Waals surface area contributed by atoms with Gasteiger partial charge in [-0.1, -0.05) is 48.5 Å². The Morgan fingerprint density at radius 2 is 1.77 bits per heavy atom. The van der Waals surface area contributed by atoms with Crippen LogP contribution < -0.4 is 10.1 Å². The van der Waals surface area contributed by atoms with Gasteiger partial charge in [-0.25, -0.2) is 0 Å². The van der Waals surface area contributed by atoms with Gasteiger partial charge in [0.2, 0.25) is 5.91 Å². The largest absolute Gasteiger partial charge is 0.496 e. The van der Waals surface area contributed by atoms with Crippen molar-refractivity contribution in [2.45, 2.75) is 32.2 Å². The lowest BCUT2D eigenvalue weighted by Gasteiger charge is -2.15. The van der Waals surface area contributed by atoms with Crippen LogP contribution in [0.2, 0.25) is 0 Å². The molecule has 0 bridgehead atoms. The molecule has 1 amide bonds. The summed E-state index contributed by atoms with van der Waals surface area (Å²) in [5, 5.41) is 3.06. The van der Waals surface area contributed by atoms with E-state index in [0.29, 0.717) is 6.42 Å². The number of methoxy groups -OCH3 is 1. The normalized spacial score (nSPS) is 11.7. The van der Waals surface area contributed by atoms with Crippen molar-refractivity contribution in [1.82, 2.24) is 5.32 Å². The number of benzene rings is 2. The predicted molar refractivity (Wildman–Crippen MR) is 89.1 cm³/mol. The first-order chi connectivity index (χ1) is 10.7. The molecule has 1 atom stereocenters. The van der Waals surface area contributed by atoms with Crippen molar-refractivity contribution in [3.05, 3.63) is 65.7 Å². The molecule has 1 N–H and O–H groups in total. The van der Waals surface area contributed by atoms with Crippen LogP contribution >= 0.6 is 0 Å². The molecule has 22 heavy (non-hydrogen) atoms. The second-order valence-corrected chi connectivity index (χ2v) is 5.48. The Morgan fingerprint density at radius 3 is 2.50 bits per heavy atom. The highest BCUT2D eigenvalue weighted by molar-refractivity contribution is 5.79. The van der Waals surface area contributed by atoms with E-state index in [0.717, 1.165) is 24.2 Å². The van der Waals surface area contributed by atoms with E-state index >= 15 is 0 Å². The Morgan fingerprint density at radius 1 is 1.09 bits per heavy atom. The minimum atomic E-state index is 0.0325. The fourth-order valence-corrected chi connectivity index (χ4v) is 2.45. The minimum Gasteiger partial charge on any atom is -0.496 e. The smallest absolute Gasteiger partial charge is 0.224 e. The fourth-order valence-electron chi connectivity index (χ4n) is 2.45. The zero-order valence-electron chi connectivity index (χ0n) is 13.2. The number of carbonyl (C=O) groups excluding carboxylic acids is 1. The van der Waals surface area contributed by atoms with Crippen molar-refractivity contribution in [2.75, 3.05) is 7.11 Å². The topological polar surface area (TPSA) is 38.3 Å². The molecule has 116 valence electrons. The van der Waals surface area contributed by atoms with Crippen LogP contribution in [0.1, 0.15) is 24.5 Å². The molecule has 3 nitrogen and oxygen atoms in total. The van der Waals surface area contributed by atoms with E-state index in [2.05, 4.69) is 17.4 Å². The molecule has 0 unspecified atom stereocenters. The van der Waals surface area contributed by atoms with Crippen molar-refractivity contribution < 1.29 is 9.53 Å². The average Bonchev–Trinajstić information content (AvgIpc) is 2.54. The fraction of sp³-hybridized carbons (Fsp3) is 0.316. The van der Waals surface area contributed by atoms with Crippen LogP contribution in [0.15, 0.2) is 54.6 Å². The third kappa shape index (κ3) is 4.92. The summed E-state index contributed by atoms with van der Waals surface area (Å²) >= 11 is 0. The lowest BCUT2D eigenvalue weighted by molar-refractivity contribution is -0.121.